The van der Waals surface area contributed by atoms with Crippen LogP contribution in [0.4, 0.5) is 11.4 Å². The SMILES string of the molecule is C[C@H](NC(=O)c1cccc([N+](=O)[O-])c1)C(=O)O[C@H](C)C(=O)Nc1ccccc1C#N. The van der Waals surface area contributed by atoms with Crippen LogP contribution in [-0.2, 0) is 14.3 Å². The fourth-order valence-corrected chi connectivity index (χ4v) is 2.35. The van der Waals surface area contributed by atoms with Crippen molar-refractivity contribution >= 4 is 29.2 Å². The van der Waals surface area contributed by atoms with Gasteiger partial charge in [0, 0.05) is 17.7 Å². The van der Waals surface area contributed by atoms with Crippen molar-refractivity contribution in [3.63, 3.8) is 0 Å². The number of nitrogens with one attached hydrogen (secondary N) is 2. The Morgan fingerprint density at radius 1 is 1.13 bits per heavy atom. The zero-order valence-electron chi connectivity index (χ0n) is 16.1. The number of nitrogens with zero attached hydrogens (tertiary/aromatic N) is 2. The van der Waals surface area contributed by atoms with Crippen LogP contribution in [0, 0.1) is 21.4 Å². The number of carbonyl (C=O) groups is 3. The number of nitro groups is 1. The molecule has 0 spiro atoms. The summed E-state index contributed by atoms with van der Waals surface area (Å²) < 4.78 is 5.06. The molecule has 30 heavy (non-hydrogen) atoms. The quantitative estimate of drug-likeness (QED) is 0.403. The smallest absolute Gasteiger partial charge is 0.329 e. The molecule has 0 unspecified atom stereocenters. The fourth-order valence-electron chi connectivity index (χ4n) is 2.35. The zero-order chi connectivity index (χ0) is 22.3. The molecule has 0 saturated heterocycles. The van der Waals surface area contributed by atoms with E-state index in [-0.39, 0.29) is 22.5 Å². The van der Waals surface area contributed by atoms with Crippen molar-refractivity contribution in [3.05, 3.63) is 69.8 Å². The lowest BCUT2D eigenvalue weighted by atomic mass is 10.2. The molecule has 0 radical (unpaired) electrons. The van der Waals surface area contributed by atoms with Crippen molar-refractivity contribution in [2.45, 2.75) is 26.0 Å². The van der Waals surface area contributed by atoms with Gasteiger partial charge in [-0.15, -0.1) is 0 Å². The Labute approximate surface area is 171 Å². The minimum Gasteiger partial charge on any atom is -0.451 e. The summed E-state index contributed by atoms with van der Waals surface area (Å²) in [4.78, 5) is 46.8. The summed E-state index contributed by atoms with van der Waals surface area (Å²) in [6.07, 6.45) is -1.19. The predicted octanol–water partition coefficient (Wildman–Crippen LogP) is 2.16. The number of esters is 1. The first-order valence-electron chi connectivity index (χ1n) is 8.78. The number of amides is 2. The molecular weight excluding hydrogens is 392 g/mol. The number of anilines is 1. The highest BCUT2D eigenvalue weighted by molar-refractivity contribution is 5.98. The Bertz CT molecular complexity index is 1030. The molecule has 2 atom stereocenters. The van der Waals surface area contributed by atoms with Crippen molar-refractivity contribution in [1.82, 2.24) is 5.32 Å². The number of ether oxygens (including phenoxy) is 1. The summed E-state index contributed by atoms with van der Waals surface area (Å²) >= 11 is 0. The molecule has 10 nitrogen and oxygen atoms in total. The van der Waals surface area contributed by atoms with Gasteiger partial charge in [0.25, 0.3) is 17.5 Å². The van der Waals surface area contributed by atoms with Gasteiger partial charge < -0.3 is 15.4 Å². The molecule has 0 heterocycles. The van der Waals surface area contributed by atoms with E-state index in [0.29, 0.717) is 0 Å². The molecular formula is C20H18N4O6. The summed E-state index contributed by atoms with van der Waals surface area (Å²) in [5.74, 6) is -2.23. The number of carbonyl (C=O) groups excluding carboxylic acids is 3. The number of rotatable bonds is 7. The number of nitro benzene ring substituents is 1. The average Bonchev–Trinajstić information content (AvgIpc) is 2.73. The summed E-state index contributed by atoms with van der Waals surface area (Å²) in [5, 5.41) is 24.7. The van der Waals surface area contributed by atoms with Crippen LogP contribution in [-0.4, -0.2) is 34.9 Å². The van der Waals surface area contributed by atoms with E-state index in [0.717, 1.165) is 6.07 Å². The van der Waals surface area contributed by atoms with E-state index < -0.39 is 34.9 Å². The Morgan fingerprint density at radius 2 is 1.83 bits per heavy atom. The lowest BCUT2D eigenvalue weighted by molar-refractivity contribution is -0.384. The van der Waals surface area contributed by atoms with E-state index in [9.17, 15) is 24.5 Å². The Hall–Kier alpha value is -4.26. The van der Waals surface area contributed by atoms with Crippen LogP contribution in [0.3, 0.4) is 0 Å². The van der Waals surface area contributed by atoms with E-state index in [4.69, 9.17) is 10.00 Å². The summed E-state index contributed by atoms with van der Waals surface area (Å²) in [5.41, 5.74) is 0.269. The van der Waals surface area contributed by atoms with Gasteiger partial charge in [0.05, 0.1) is 16.2 Å². The van der Waals surface area contributed by atoms with Crippen molar-refractivity contribution in [3.8, 4) is 6.07 Å². The van der Waals surface area contributed by atoms with E-state index in [1.807, 2.05) is 6.07 Å². The monoisotopic (exact) mass is 410 g/mol. The molecule has 0 saturated carbocycles. The highest BCUT2D eigenvalue weighted by atomic mass is 16.6. The van der Waals surface area contributed by atoms with E-state index in [2.05, 4.69) is 10.6 Å². The summed E-state index contributed by atoms with van der Waals surface area (Å²) in [7, 11) is 0. The number of benzene rings is 2. The van der Waals surface area contributed by atoms with Gasteiger partial charge in [-0.1, -0.05) is 18.2 Å². The number of non-ortho nitro benzene ring substituents is 1. The highest BCUT2D eigenvalue weighted by Gasteiger charge is 2.24. The largest absolute Gasteiger partial charge is 0.451 e. The third kappa shape index (κ3) is 5.62. The molecule has 2 aromatic carbocycles. The first-order valence-corrected chi connectivity index (χ1v) is 8.78. The molecule has 2 rings (SSSR count). The van der Waals surface area contributed by atoms with Crippen molar-refractivity contribution in [2.24, 2.45) is 0 Å². The normalized spacial score (nSPS) is 12.0. The van der Waals surface area contributed by atoms with E-state index >= 15 is 0 Å². The fraction of sp³-hybridized carbons (Fsp3) is 0.200. The molecule has 0 aliphatic rings. The van der Waals surface area contributed by atoms with Crippen LogP contribution in [0.1, 0.15) is 29.8 Å². The zero-order valence-corrected chi connectivity index (χ0v) is 16.1. The van der Waals surface area contributed by atoms with Gasteiger partial charge in [0.2, 0.25) is 0 Å². The van der Waals surface area contributed by atoms with Crippen LogP contribution in [0.2, 0.25) is 0 Å². The second-order valence-corrected chi connectivity index (χ2v) is 6.23. The lowest BCUT2D eigenvalue weighted by Crippen LogP contribution is -2.42. The second-order valence-electron chi connectivity index (χ2n) is 6.23. The number of para-hydroxylation sites is 1. The molecule has 10 heteroatoms. The van der Waals surface area contributed by atoms with Crippen molar-refractivity contribution in [1.29, 1.82) is 5.26 Å². The van der Waals surface area contributed by atoms with Crippen LogP contribution < -0.4 is 10.6 Å². The van der Waals surface area contributed by atoms with Crippen LogP contribution in [0.25, 0.3) is 0 Å². The van der Waals surface area contributed by atoms with Gasteiger partial charge in [-0.05, 0) is 32.0 Å². The molecule has 0 aromatic heterocycles. The van der Waals surface area contributed by atoms with Gasteiger partial charge in [-0.3, -0.25) is 19.7 Å². The third-order valence-corrected chi connectivity index (χ3v) is 3.99. The first kappa shape index (κ1) is 22.0. The minimum absolute atomic E-state index is 0.00255. The maximum Gasteiger partial charge on any atom is 0.329 e. The maximum atomic E-state index is 12.2. The van der Waals surface area contributed by atoms with Gasteiger partial charge in [0.1, 0.15) is 12.1 Å². The molecule has 0 bridgehead atoms. The standard InChI is InChI=1S/C20H18N4O6/c1-12(22-19(26)14-7-5-8-16(10-14)24(28)29)20(27)30-13(2)18(25)23-17-9-4-3-6-15(17)11-21/h3-10,12-13H,1-2H3,(H,22,26)(H,23,25)/t12-,13+/m0/s1. The number of nitriles is 1. The summed E-state index contributed by atoms with van der Waals surface area (Å²) in [6, 6.07) is 12.2. The molecule has 2 aromatic rings. The predicted molar refractivity (Wildman–Crippen MR) is 105 cm³/mol. The molecule has 0 fully saturated rings. The lowest BCUT2D eigenvalue weighted by Gasteiger charge is -2.18. The Balaban J connectivity index is 1.95. The first-order chi connectivity index (χ1) is 14.2. The van der Waals surface area contributed by atoms with Crippen LogP contribution in [0.15, 0.2) is 48.5 Å². The Morgan fingerprint density at radius 3 is 2.50 bits per heavy atom. The summed E-state index contributed by atoms with van der Waals surface area (Å²) in [6.45, 7) is 2.70. The van der Waals surface area contributed by atoms with Crippen molar-refractivity contribution in [2.75, 3.05) is 5.32 Å². The number of hydrogen-bond acceptors (Lipinski definition) is 7. The van der Waals surface area contributed by atoms with E-state index in [1.165, 1.54) is 44.2 Å². The molecule has 0 aliphatic heterocycles. The molecule has 0 aliphatic carbocycles. The van der Waals surface area contributed by atoms with Gasteiger partial charge in [-0.2, -0.15) is 5.26 Å². The van der Waals surface area contributed by atoms with Crippen LogP contribution >= 0.6 is 0 Å². The van der Waals surface area contributed by atoms with Gasteiger partial charge in [-0.25, -0.2) is 4.79 Å². The number of hydrogen-bond donors (Lipinski definition) is 2. The van der Waals surface area contributed by atoms with Crippen molar-refractivity contribution < 1.29 is 24.0 Å². The minimum atomic E-state index is -1.19. The highest BCUT2D eigenvalue weighted by Crippen LogP contribution is 2.15. The van der Waals surface area contributed by atoms with Crippen LogP contribution in [0.5, 0.6) is 0 Å². The molecule has 2 N–H and O–H groups in total. The topological polar surface area (TPSA) is 151 Å². The van der Waals surface area contributed by atoms with Gasteiger partial charge in [0.15, 0.2) is 6.10 Å². The average molecular weight is 410 g/mol. The van der Waals surface area contributed by atoms with Gasteiger partial charge >= 0.3 is 5.97 Å². The molecule has 154 valence electrons. The molecule has 2 amide bonds. The third-order valence-electron chi connectivity index (χ3n) is 3.99. The Kier molecular flexibility index (Phi) is 7.19. The second kappa shape index (κ2) is 9.79. The maximum absolute atomic E-state index is 12.2. The van der Waals surface area contributed by atoms with E-state index in [1.54, 1.807) is 12.1 Å².